The molecule has 1 aliphatic heterocycles. The van der Waals surface area contributed by atoms with Gasteiger partial charge in [-0.05, 0) is 54.8 Å². The summed E-state index contributed by atoms with van der Waals surface area (Å²) in [7, 11) is 0. The SMILES string of the molecule is Cc1ccc(C#N)c(Oc2cc(CC3=NNCC=C3)ccc2C)c1. The van der Waals surface area contributed by atoms with Gasteiger partial charge < -0.3 is 10.2 Å². The van der Waals surface area contributed by atoms with Crippen LogP contribution in [-0.2, 0) is 6.42 Å². The van der Waals surface area contributed by atoms with Gasteiger partial charge in [0.2, 0.25) is 0 Å². The monoisotopic (exact) mass is 317 g/mol. The molecule has 1 aliphatic rings. The highest BCUT2D eigenvalue weighted by atomic mass is 16.5. The maximum absolute atomic E-state index is 9.27. The van der Waals surface area contributed by atoms with Crippen molar-refractivity contribution in [2.75, 3.05) is 6.54 Å². The molecule has 0 aliphatic carbocycles. The van der Waals surface area contributed by atoms with Gasteiger partial charge in [0.05, 0.1) is 17.8 Å². The summed E-state index contributed by atoms with van der Waals surface area (Å²) in [6.45, 7) is 4.76. The first kappa shape index (κ1) is 15.8. The molecular weight excluding hydrogens is 298 g/mol. The van der Waals surface area contributed by atoms with Crippen LogP contribution in [0.1, 0.15) is 22.3 Å². The second kappa shape index (κ2) is 7.01. The van der Waals surface area contributed by atoms with Gasteiger partial charge in [0.1, 0.15) is 17.6 Å². The second-order valence-corrected chi connectivity index (χ2v) is 5.86. The summed E-state index contributed by atoms with van der Waals surface area (Å²) in [5, 5.41) is 13.6. The normalized spacial score (nSPS) is 13.0. The first-order valence-electron chi connectivity index (χ1n) is 7.90. The number of nitrogens with zero attached hydrogens (tertiary/aromatic N) is 2. The molecule has 24 heavy (non-hydrogen) atoms. The number of aryl methyl sites for hydroxylation is 2. The van der Waals surface area contributed by atoms with E-state index in [1.165, 1.54) is 0 Å². The molecule has 4 nitrogen and oxygen atoms in total. The Morgan fingerprint density at radius 2 is 2.04 bits per heavy atom. The lowest BCUT2D eigenvalue weighted by Crippen LogP contribution is -2.15. The van der Waals surface area contributed by atoms with Crippen LogP contribution in [0.4, 0.5) is 0 Å². The number of ether oxygens (including phenoxy) is 1. The lowest BCUT2D eigenvalue weighted by molar-refractivity contribution is 0.476. The summed E-state index contributed by atoms with van der Waals surface area (Å²) in [4.78, 5) is 0. The Bertz CT molecular complexity index is 860. The van der Waals surface area contributed by atoms with E-state index in [-0.39, 0.29) is 0 Å². The van der Waals surface area contributed by atoms with Crippen LogP contribution in [0.2, 0.25) is 0 Å². The number of hydrazone groups is 1. The van der Waals surface area contributed by atoms with Crippen molar-refractivity contribution in [2.45, 2.75) is 20.3 Å². The minimum Gasteiger partial charge on any atom is -0.456 e. The average molecular weight is 317 g/mol. The molecule has 2 aromatic carbocycles. The first-order valence-corrected chi connectivity index (χ1v) is 7.90. The van der Waals surface area contributed by atoms with E-state index in [0.29, 0.717) is 11.3 Å². The molecule has 0 radical (unpaired) electrons. The van der Waals surface area contributed by atoms with E-state index in [9.17, 15) is 5.26 Å². The van der Waals surface area contributed by atoms with Gasteiger partial charge >= 0.3 is 0 Å². The maximum Gasteiger partial charge on any atom is 0.145 e. The third-order valence-corrected chi connectivity index (χ3v) is 3.86. The van der Waals surface area contributed by atoms with Crippen molar-refractivity contribution >= 4 is 5.71 Å². The number of nitrogens with one attached hydrogen (secondary N) is 1. The molecule has 0 aromatic heterocycles. The highest BCUT2D eigenvalue weighted by molar-refractivity contribution is 5.96. The van der Waals surface area contributed by atoms with Gasteiger partial charge in [0.15, 0.2) is 0 Å². The molecule has 1 N–H and O–H groups in total. The molecular formula is C20H19N3O. The molecule has 0 spiro atoms. The topological polar surface area (TPSA) is 57.4 Å². The Balaban J connectivity index is 1.87. The summed E-state index contributed by atoms with van der Waals surface area (Å²) in [5.74, 6) is 1.36. The van der Waals surface area contributed by atoms with E-state index < -0.39 is 0 Å². The van der Waals surface area contributed by atoms with Gasteiger partial charge in [-0.3, -0.25) is 0 Å². The fourth-order valence-electron chi connectivity index (χ4n) is 2.53. The van der Waals surface area contributed by atoms with Crippen molar-refractivity contribution in [1.29, 1.82) is 5.26 Å². The number of hydrogen-bond acceptors (Lipinski definition) is 4. The van der Waals surface area contributed by atoms with Gasteiger partial charge in [-0.25, -0.2) is 0 Å². The van der Waals surface area contributed by atoms with Crippen LogP contribution >= 0.6 is 0 Å². The number of rotatable bonds is 4. The smallest absolute Gasteiger partial charge is 0.145 e. The number of benzene rings is 2. The molecule has 0 atom stereocenters. The zero-order valence-corrected chi connectivity index (χ0v) is 13.8. The van der Waals surface area contributed by atoms with Crippen LogP contribution < -0.4 is 10.2 Å². The lowest BCUT2D eigenvalue weighted by atomic mass is 10.0. The van der Waals surface area contributed by atoms with Crippen molar-refractivity contribution in [3.8, 4) is 17.6 Å². The third-order valence-electron chi connectivity index (χ3n) is 3.86. The predicted octanol–water partition coefficient (Wildman–Crippen LogP) is 4.03. The van der Waals surface area contributed by atoms with Crippen molar-refractivity contribution < 1.29 is 4.74 Å². The minimum absolute atomic E-state index is 0.536. The quantitative estimate of drug-likeness (QED) is 0.926. The van der Waals surface area contributed by atoms with Crippen molar-refractivity contribution in [2.24, 2.45) is 5.10 Å². The van der Waals surface area contributed by atoms with E-state index in [2.05, 4.69) is 28.7 Å². The molecule has 0 saturated heterocycles. The average Bonchev–Trinajstić information content (AvgIpc) is 2.59. The Morgan fingerprint density at radius 3 is 2.79 bits per heavy atom. The van der Waals surface area contributed by atoms with Crippen LogP contribution in [0.25, 0.3) is 0 Å². The Morgan fingerprint density at radius 1 is 1.17 bits per heavy atom. The Kier molecular flexibility index (Phi) is 4.62. The predicted molar refractivity (Wildman–Crippen MR) is 95.4 cm³/mol. The van der Waals surface area contributed by atoms with Gasteiger partial charge in [0, 0.05) is 6.42 Å². The standard InChI is InChI=1S/C20H19N3O/c1-14-5-8-17(13-21)20(10-14)24-19-12-16(7-6-15(19)2)11-18-4-3-9-22-23-18/h3-8,10,12,22H,9,11H2,1-2H3. The lowest BCUT2D eigenvalue weighted by Gasteiger charge is -2.13. The van der Waals surface area contributed by atoms with Gasteiger partial charge in [0.25, 0.3) is 0 Å². The van der Waals surface area contributed by atoms with Gasteiger partial charge in [-0.2, -0.15) is 10.4 Å². The van der Waals surface area contributed by atoms with Crippen molar-refractivity contribution in [1.82, 2.24) is 5.43 Å². The molecule has 0 fully saturated rings. The van der Waals surface area contributed by atoms with Crippen LogP contribution in [-0.4, -0.2) is 12.3 Å². The van der Waals surface area contributed by atoms with E-state index in [1.54, 1.807) is 6.07 Å². The molecule has 0 bridgehead atoms. The Hall–Kier alpha value is -3.06. The fourth-order valence-corrected chi connectivity index (χ4v) is 2.53. The summed E-state index contributed by atoms with van der Waals surface area (Å²) in [5.41, 5.74) is 7.71. The van der Waals surface area contributed by atoms with Crippen LogP contribution in [0.3, 0.4) is 0 Å². The number of hydrogen-bond donors (Lipinski definition) is 1. The molecule has 1 heterocycles. The van der Waals surface area contributed by atoms with E-state index in [4.69, 9.17) is 4.74 Å². The van der Waals surface area contributed by atoms with Gasteiger partial charge in [-0.1, -0.05) is 24.3 Å². The molecule has 0 unspecified atom stereocenters. The molecule has 0 amide bonds. The highest BCUT2D eigenvalue weighted by Crippen LogP contribution is 2.29. The summed E-state index contributed by atoms with van der Waals surface area (Å²) in [6.07, 6.45) is 4.82. The maximum atomic E-state index is 9.27. The van der Waals surface area contributed by atoms with Crippen molar-refractivity contribution in [3.05, 3.63) is 70.8 Å². The summed E-state index contributed by atoms with van der Waals surface area (Å²) < 4.78 is 6.05. The second-order valence-electron chi connectivity index (χ2n) is 5.86. The van der Waals surface area contributed by atoms with Gasteiger partial charge in [-0.15, -0.1) is 0 Å². The number of nitriles is 1. The zero-order valence-electron chi connectivity index (χ0n) is 13.8. The molecule has 120 valence electrons. The van der Waals surface area contributed by atoms with E-state index in [0.717, 1.165) is 41.1 Å². The molecule has 4 heteroatoms. The molecule has 3 rings (SSSR count). The minimum atomic E-state index is 0.536. The van der Waals surface area contributed by atoms with Crippen LogP contribution in [0.5, 0.6) is 11.5 Å². The van der Waals surface area contributed by atoms with Crippen LogP contribution in [0, 0.1) is 25.2 Å². The molecule has 2 aromatic rings. The highest BCUT2D eigenvalue weighted by Gasteiger charge is 2.09. The summed E-state index contributed by atoms with van der Waals surface area (Å²) in [6, 6.07) is 13.9. The number of allylic oxidation sites excluding steroid dienone is 1. The zero-order chi connectivity index (χ0) is 16.9. The van der Waals surface area contributed by atoms with E-state index >= 15 is 0 Å². The van der Waals surface area contributed by atoms with E-state index in [1.807, 2.05) is 44.2 Å². The Labute approximate surface area is 142 Å². The first-order chi connectivity index (χ1) is 11.7. The summed E-state index contributed by atoms with van der Waals surface area (Å²) >= 11 is 0. The van der Waals surface area contributed by atoms with Crippen LogP contribution in [0.15, 0.2) is 53.7 Å². The molecule has 0 saturated carbocycles. The van der Waals surface area contributed by atoms with Crippen molar-refractivity contribution in [3.63, 3.8) is 0 Å². The fraction of sp³-hybridized carbons (Fsp3) is 0.200. The third kappa shape index (κ3) is 3.64. The largest absolute Gasteiger partial charge is 0.456 e.